The van der Waals surface area contributed by atoms with Crippen LogP contribution in [0.25, 0.3) is 0 Å². The smallest absolute Gasteiger partial charge is 0.137 e. The van der Waals surface area contributed by atoms with E-state index in [0.717, 1.165) is 11.1 Å². The minimum Gasteiger partial charge on any atom is -0.492 e. The Bertz CT molecular complexity index is 747. The van der Waals surface area contributed by atoms with Gasteiger partial charge in [0.15, 0.2) is 0 Å². The molecule has 2 atom stereocenters. The number of benzene rings is 2. The van der Waals surface area contributed by atoms with Crippen molar-refractivity contribution in [2.24, 2.45) is 5.92 Å². The molecule has 0 saturated heterocycles. The predicted octanol–water partition coefficient (Wildman–Crippen LogP) is 4.65. The normalized spacial score (nSPS) is 13.8. The van der Waals surface area contributed by atoms with E-state index in [1.54, 1.807) is 0 Å². The van der Waals surface area contributed by atoms with Crippen molar-refractivity contribution in [1.82, 2.24) is 0 Å². The highest BCUT2D eigenvalue weighted by atomic mass is 35.5. The fraction of sp³-hybridized carbons (Fsp3) is 0.455. The molecule has 0 spiro atoms. The molecule has 0 amide bonds. The summed E-state index contributed by atoms with van der Waals surface area (Å²) < 4.78 is 11.2. The molecule has 2 aromatic rings. The molecule has 0 aliphatic carbocycles. The molecule has 0 fully saturated rings. The Balaban J connectivity index is 2.11. The van der Waals surface area contributed by atoms with Crippen molar-refractivity contribution >= 4 is 23.2 Å². The van der Waals surface area contributed by atoms with E-state index in [9.17, 15) is 5.11 Å². The lowest BCUT2D eigenvalue weighted by Gasteiger charge is -2.27. The molecule has 0 unspecified atom stereocenters. The number of hydrogen-bond donors (Lipinski definition) is 2. The quantitative estimate of drug-likeness (QED) is 0.542. The van der Waals surface area contributed by atoms with E-state index in [0.29, 0.717) is 29.0 Å². The Morgan fingerprint density at radius 2 is 1.64 bits per heavy atom. The highest BCUT2D eigenvalue weighted by Crippen LogP contribution is 2.36. The zero-order valence-electron chi connectivity index (χ0n) is 16.5. The summed E-state index contributed by atoms with van der Waals surface area (Å²) in [7, 11) is 0. The van der Waals surface area contributed by atoms with E-state index in [1.807, 2.05) is 49.4 Å². The maximum absolute atomic E-state index is 9.38. The van der Waals surface area contributed by atoms with Gasteiger partial charge in [-0.1, -0.05) is 50.6 Å². The molecule has 0 radical (unpaired) electrons. The molecule has 0 saturated carbocycles. The minimum absolute atomic E-state index is 0.0542. The zero-order valence-corrected chi connectivity index (χ0v) is 18.0. The Hall–Kier alpha value is -1.46. The summed E-state index contributed by atoms with van der Waals surface area (Å²) in [6.07, 6.45) is -0.883. The molecule has 0 aliphatic heterocycles. The SMILES string of the molecule is C[C@@H](CCl)COc1ccc(C(C)(C)c2ccc(OC[C@@H](O)CO)cc2)cc1Cl. The van der Waals surface area contributed by atoms with Crippen molar-refractivity contribution in [2.75, 3.05) is 25.7 Å². The third kappa shape index (κ3) is 6.02. The van der Waals surface area contributed by atoms with Gasteiger partial charge in [0.1, 0.15) is 24.2 Å². The van der Waals surface area contributed by atoms with Crippen molar-refractivity contribution in [3.05, 3.63) is 58.6 Å². The van der Waals surface area contributed by atoms with Gasteiger partial charge in [-0.05, 0) is 35.4 Å². The second-order valence-corrected chi connectivity index (χ2v) is 8.23. The van der Waals surface area contributed by atoms with Gasteiger partial charge >= 0.3 is 0 Å². The summed E-state index contributed by atoms with van der Waals surface area (Å²) in [4.78, 5) is 0. The van der Waals surface area contributed by atoms with Crippen LogP contribution in [0.5, 0.6) is 11.5 Å². The van der Waals surface area contributed by atoms with Gasteiger partial charge in [0.2, 0.25) is 0 Å². The molecule has 0 aliphatic rings. The van der Waals surface area contributed by atoms with Crippen LogP contribution in [0.15, 0.2) is 42.5 Å². The topological polar surface area (TPSA) is 58.9 Å². The minimum atomic E-state index is -0.883. The van der Waals surface area contributed by atoms with E-state index in [2.05, 4.69) is 13.8 Å². The first kappa shape index (κ1) is 22.8. The van der Waals surface area contributed by atoms with E-state index in [4.69, 9.17) is 37.8 Å². The molecule has 2 rings (SSSR count). The summed E-state index contributed by atoms with van der Waals surface area (Å²) in [6.45, 7) is 6.53. The maximum atomic E-state index is 9.38. The Kier molecular flexibility index (Phi) is 8.44. The van der Waals surface area contributed by atoms with E-state index < -0.39 is 6.10 Å². The largest absolute Gasteiger partial charge is 0.492 e. The zero-order chi connectivity index (χ0) is 20.7. The summed E-state index contributed by atoms with van der Waals surface area (Å²) in [6, 6.07) is 13.5. The Labute approximate surface area is 177 Å². The molecule has 28 heavy (non-hydrogen) atoms. The van der Waals surface area contributed by atoms with Crippen LogP contribution in [-0.2, 0) is 5.41 Å². The second-order valence-electron chi connectivity index (χ2n) is 7.51. The Morgan fingerprint density at radius 1 is 1.00 bits per heavy atom. The number of alkyl halides is 1. The van der Waals surface area contributed by atoms with Crippen LogP contribution < -0.4 is 9.47 Å². The first-order valence-electron chi connectivity index (χ1n) is 9.29. The van der Waals surface area contributed by atoms with Crippen LogP contribution in [0.2, 0.25) is 5.02 Å². The van der Waals surface area contributed by atoms with E-state index in [1.165, 1.54) is 0 Å². The van der Waals surface area contributed by atoms with Crippen LogP contribution in [-0.4, -0.2) is 42.0 Å². The van der Waals surface area contributed by atoms with Crippen LogP contribution in [0, 0.1) is 5.92 Å². The number of aliphatic hydroxyl groups excluding tert-OH is 2. The second kappa shape index (κ2) is 10.4. The Morgan fingerprint density at radius 3 is 2.21 bits per heavy atom. The standard InChI is InChI=1S/C22H28Cl2O4/c1-15(11-23)13-28-21-9-6-17(10-20(21)24)22(2,3)16-4-7-19(8-5-16)27-14-18(26)12-25/h4-10,15,18,25-26H,11-14H2,1-3H3/t15-,18-/m0/s1. The summed E-state index contributed by atoms with van der Waals surface area (Å²) >= 11 is 12.3. The lowest BCUT2D eigenvalue weighted by Crippen LogP contribution is -2.21. The molecule has 154 valence electrons. The van der Waals surface area contributed by atoms with Crippen LogP contribution in [0.4, 0.5) is 0 Å². The third-order valence-electron chi connectivity index (χ3n) is 4.67. The fourth-order valence-electron chi connectivity index (χ4n) is 2.66. The van der Waals surface area contributed by atoms with Gasteiger partial charge in [-0.25, -0.2) is 0 Å². The summed E-state index contributed by atoms with van der Waals surface area (Å²) in [5.74, 6) is 2.10. The van der Waals surface area contributed by atoms with Gasteiger partial charge in [0.25, 0.3) is 0 Å². The number of aliphatic hydroxyl groups is 2. The fourth-order valence-corrected chi connectivity index (χ4v) is 2.99. The van der Waals surface area contributed by atoms with Crippen molar-refractivity contribution < 1.29 is 19.7 Å². The number of ether oxygens (including phenoxy) is 2. The highest BCUT2D eigenvalue weighted by molar-refractivity contribution is 6.32. The van der Waals surface area contributed by atoms with Crippen LogP contribution in [0.1, 0.15) is 31.9 Å². The monoisotopic (exact) mass is 426 g/mol. The molecule has 0 aromatic heterocycles. The van der Waals surface area contributed by atoms with Crippen molar-refractivity contribution in [1.29, 1.82) is 0 Å². The molecule has 4 nitrogen and oxygen atoms in total. The number of halogens is 2. The van der Waals surface area contributed by atoms with Crippen LogP contribution in [0.3, 0.4) is 0 Å². The first-order valence-corrected chi connectivity index (χ1v) is 10.2. The third-order valence-corrected chi connectivity index (χ3v) is 5.49. The molecule has 6 heteroatoms. The van der Waals surface area contributed by atoms with E-state index in [-0.39, 0.29) is 24.5 Å². The van der Waals surface area contributed by atoms with Crippen molar-refractivity contribution in [3.63, 3.8) is 0 Å². The summed E-state index contributed by atoms with van der Waals surface area (Å²) in [5, 5.41) is 18.8. The highest BCUT2D eigenvalue weighted by Gasteiger charge is 2.24. The average molecular weight is 427 g/mol. The molecular formula is C22H28Cl2O4. The van der Waals surface area contributed by atoms with Crippen molar-refractivity contribution in [3.8, 4) is 11.5 Å². The molecule has 0 heterocycles. The van der Waals surface area contributed by atoms with Gasteiger partial charge in [0, 0.05) is 17.2 Å². The molecular weight excluding hydrogens is 399 g/mol. The lowest BCUT2D eigenvalue weighted by atomic mass is 9.78. The number of hydrogen-bond acceptors (Lipinski definition) is 4. The molecule has 0 bridgehead atoms. The maximum Gasteiger partial charge on any atom is 0.137 e. The van der Waals surface area contributed by atoms with Gasteiger partial charge in [-0.3, -0.25) is 0 Å². The average Bonchev–Trinajstić information content (AvgIpc) is 2.70. The van der Waals surface area contributed by atoms with E-state index >= 15 is 0 Å². The molecule has 2 aromatic carbocycles. The summed E-state index contributed by atoms with van der Waals surface area (Å²) in [5.41, 5.74) is 1.90. The molecule has 2 N–H and O–H groups in total. The van der Waals surface area contributed by atoms with Gasteiger partial charge in [0.05, 0.1) is 18.2 Å². The number of rotatable bonds is 10. The lowest BCUT2D eigenvalue weighted by molar-refractivity contribution is 0.0536. The van der Waals surface area contributed by atoms with Gasteiger partial charge < -0.3 is 19.7 Å². The van der Waals surface area contributed by atoms with Crippen LogP contribution >= 0.6 is 23.2 Å². The van der Waals surface area contributed by atoms with Crippen molar-refractivity contribution in [2.45, 2.75) is 32.3 Å². The predicted molar refractivity (Wildman–Crippen MR) is 114 cm³/mol. The van der Waals surface area contributed by atoms with Gasteiger partial charge in [-0.2, -0.15) is 0 Å². The first-order chi connectivity index (χ1) is 13.3. The van der Waals surface area contributed by atoms with Gasteiger partial charge in [-0.15, -0.1) is 11.6 Å².